The summed E-state index contributed by atoms with van der Waals surface area (Å²) in [5, 5.41) is 0. The molecule has 0 saturated heterocycles. The molecule has 0 unspecified atom stereocenters. The van der Waals surface area contributed by atoms with Crippen LogP contribution in [0.2, 0.25) is 0 Å². The van der Waals surface area contributed by atoms with Crippen molar-refractivity contribution in [2.75, 3.05) is 0 Å². The number of hydrogen-bond donors (Lipinski definition) is 1. The maximum Gasteiger partial charge on any atom is 0.0292 e. The monoisotopic (exact) mass is 310 g/mol. The molecule has 0 atom stereocenters. The summed E-state index contributed by atoms with van der Waals surface area (Å²) < 4.78 is 0. The Morgan fingerprint density at radius 2 is 1.39 bits per heavy atom. The Morgan fingerprint density at radius 1 is 0.778 bits per heavy atom. The van der Waals surface area contributed by atoms with E-state index in [1.807, 2.05) is 27.7 Å². The van der Waals surface area contributed by atoms with E-state index in [0.29, 0.717) is 0 Å². The van der Waals surface area contributed by atoms with Gasteiger partial charge < -0.3 is 0 Å². The van der Waals surface area contributed by atoms with E-state index in [4.69, 9.17) is 0 Å². The molecule has 0 heterocycles. The molecular formula is C14H14S4. The molecule has 0 aliphatic carbocycles. The number of thiol groups is 1. The van der Waals surface area contributed by atoms with Crippen molar-refractivity contribution in [1.29, 1.82) is 0 Å². The van der Waals surface area contributed by atoms with Crippen LogP contribution in [0.3, 0.4) is 0 Å². The third kappa shape index (κ3) is 4.84. The van der Waals surface area contributed by atoms with E-state index in [1.165, 1.54) is 16.0 Å². The third-order valence-corrected chi connectivity index (χ3v) is 5.55. The van der Waals surface area contributed by atoms with Gasteiger partial charge in [-0.05, 0) is 23.3 Å². The van der Waals surface area contributed by atoms with Crippen LogP contribution in [0.5, 0.6) is 0 Å². The fourth-order valence-electron chi connectivity index (χ4n) is 1.45. The molecule has 0 spiro atoms. The Morgan fingerprint density at radius 3 is 2.00 bits per heavy atom. The molecular weight excluding hydrogens is 296 g/mol. The van der Waals surface area contributed by atoms with Crippen LogP contribution < -0.4 is 0 Å². The van der Waals surface area contributed by atoms with Gasteiger partial charge in [-0.25, -0.2) is 0 Å². The standard InChI is InChI=1S/C14H14S4/c15-16-10-12-6-8-13(9-7-12)11-17-18-14-4-2-1-3-5-14/h1-9,15H,10-11H2. The van der Waals surface area contributed by atoms with Crippen molar-refractivity contribution in [1.82, 2.24) is 0 Å². The minimum atomic E-state index is 0.968. The van der Waals surface area contributed by atoms with Gasteiger partial charge >= 0.3 is 0 Å². The normalized spacial score (nSPS) is 10.5. The zero-order chi connectivity index (χ0) is 12.6. The molecule has 0 fully saturated rings. The number of hydrogen-bond acceptors (Lipinski definition) is 4. The highest BCUT2D eigenvalue weighted by Crippen LogP contribution is 2.33. The predicted octanol–water partition coefficient (Wildman–Crippen LogP) is 5.71. The zero-order valence-corrected chi connectivity index (χ0v) is 13.1. The van der Waals surface area contributed by atoms with Crippen molar-refractivity contribution in [2.45, 2.75) is 16.4 Å². The van der Waals surface area contributed by atoms with Gasteiger partial charge in [-0.3, -0.25) is 0 Å². The highest BCUT2D eigenvalue weighted by Gasteiger charge is 1.97. The van der Waals surface area contributed by atoms with Gasteiger partial charge in [0, 0.05) is 16.4 Å². The Kier molecular flexibility index (Phi) is 6.41. The lowest BCUT2D eigenvalue weighted by atomic mass is 10.2. The maximum absolute atomic E-state index is 4.16. The zero-order valence-electron chi connectivity index (χ0n) is 9.78. The minimum Gasteiger partial charge on any atom is -0.111 e. The van der Waals surface area contributed by atoms with Gasteiger partial charge in [-0.2, -0.15) is 0 Å². The Balaban J connectivity index is 1.80. The van der Waals surface area contributed by atoms with Crippen molar-refractivity contribution >= 4 is 44.0 Å². The Hall–Kier alpha value is -0.160. The van der Waals surface area contributed by atoms with Crippen molar-refractivity contribution in [3.05, 3.63) is 65.7 Å². The van der Waals surface area contributed by atoms with Gasteiger partial charge in [0.15, 0.2) is 0 Å². The molecule has 0 amide bonds. The second kappa shape index (κ2) is 8.10. The molecule has 4 heteroatoms. The van der Waals surface area contributed by atoms with Gasteiger partial charge in [-0.15, -0.1) is 11.7 Å². The van der Waals surface area contributed by atoms with E-state index in [9.17, 15) is 0 Å². The maximum atomic E-state index is 4.16. The first-order valence-corrected chi connectivity index (χ1v) is 9.93. The Bertz CT molecular complexity index is 453. The van der Waals surface area contributed by atoms with Gasteiger partial charge in [0.05, 0.1) is 0 Å². The molecule has 0 N–H and O–H groups in total. The summed E-state index contributed by atoms with van der Waals surface area (Å²) in [7, 11) is 5.27. The fraction of sp³-hybridized carbons (Fsp3) is 0.143. The summed E-state index contributed by atoms with van der Waals surface area (Å²) in [6.07, 6.45) is 0. The van der Waals surface area contributed by atoms with Crippen LogP contribution in [0.4, 0.5) is 0 Å². The molecule has 18 heavy (non-hydrogen) atoms. The molecule has 0 radical (unpaired) electrons. The highest BCUT2D eigenvalue weighted by atomic mass is 33.1. The van der Waals surface area contributed by atoms with E-state index in [2.05, 4.69) is 60.2 Å². The van der Waals surface area contributed by atoms with Crippen LogP contribution in [-0.4, -0.2) is 0 Å². The highest BCUT2D eigenvalue weighted by molar-refractivity contribution is 8.76. The summed E-state index contributed by atoms with van der Waals surface area (Å²) >= 11 is 4.16. The second-order valence-electron chi connectivity index (χ2n) is 3.75. The van der Waals surface area contributed by atoms with E-state index in [0.717, 1.165) is 11.5 Å². The van der Waals surface area contributed by atoms with Crippen LogP contribution in [-0.2, 0) is 11.5 Å². The lowest BCUT2D eigenvalue weighted by molar-refractivity contribution is 1.35. The van der Waals surface area contributed by atoms with E-state index < -0.39 is 0 Å². The molecule has 2 rings (SSSR count). The molecule has 2 aromatic carbocycles. The molecule has 94 valence electrons. The third-order valence-electron chi connectivity index (χ3n) is 2.38. The fourth-order valence-corrected chi connectivity index (χ4v) is 4.35. The van der Waals surface area contributed by atoms with Gasteiger partial charge in [0.25, 0.3) is 0 Å². The first kappa shape index (κ1) is 14.3. The minimum absolute atomic E-state index is 0.968. The summed E-state index contributed by atoms with van der Waals surface area (Å²) in [5.41, 5.74) is 2.70. The average molecular weight is 311 g/mol. The largest absolute Gasteiger partial charge is 0.111 e. The lowest BCUT2D eigenvalue weighted by Crippen LogP contribution is -1.82. The van der Waals surface area contributed by atoms with E-state index >= 15 is 0 Å². The smallest absolute Gasteiger partial charge is 0.0292 e. The molecule has 0 nitrogen and oxygen atoms in total. The molecule has 0 saturated carbocycles. The lowest BCUT2D eigenvalue weighted by Gasteiger charge is -2.03. The summed E-state index contributed by atoms with van der Waals surface area (Å²) in [4.78, 5) is 1.31. The van der Waals surface area contributed by atoms with Crippen molar-refractivity contribution in [2.24, 2.45) is 0 Å². The van der Waals surface area contributed by atoms with Crippen LogP contribution in [0, 0.1) is 0 Å². The van der Waals surface area contributed by atoms with Crippen LogP contribution in [0.25, 0.3) is 0 Å². The summed E-state index contributed by atoms with van der Waals surface area (Å²) in [5.74, 6) is 2.00. The van der Waals surface area contributed by atoms with Gasteiger partial charge in [-0.1, -0.05) is 74.8 Å². The molecule has 0 aliphatic rings. The van der Waals surface area contributed by atoms with Crippen molar-refractivity contribution in [3.8, 4) is 0 Å². The summed E-state index contributed by atoms with van der Waals surface area (Å²) in [6, 6.07) is 19.3. The number of benzene rings is 2. The van der Waals surface area contributed by atoms with Crippen LogP contribution in [0.15, 0.2) is 59.5 Å². The molecule has 0 bridgehead atoms. The van der Waals surface area contributed by atoms with Crippen molar-refractivity contribution < 1.29 is 0 Å². The van der Waals surface area contributed by atoms with Crippen LogP contribution in [0.1, 0.15) is 11.1 Å². The molecule has 2 aromatic rings. The first-order valence-electron chi connectivity index (χ1n) is 5.57. The summed E-state index contributed by atoms with van der Waals surface area (Å²) in [6.45, 7) is 0. The second-order valence-corrected chi connectivity index (χ2v) is 7.44. The first-order chi connectivity index (χ1) is 8.88. The molecule has 0 aromatic heterocycles. The van der Waals surface area contributed by atoms with E-state index in [1.54, 1.807) is 10.8 Å². The topological polar surface area (TPSA) is 0 Å². The van der Waals surface area contributed by atoms with Crippen molar-refractivity contribution in [3.63, 3.8) is 0 Å². The predicted molar refractivity (Wildman–Crippen MR) is 90.3 cm³/mol. The molecule has 0 aliphatic heterocycles. The quantitative estimate of drug-likeness (QED) is 0.537. The van der Waals surface area contributed by atoms with Gasteiger partial charge in [0.2, 0.25) is 0 Å². The number of rotatable bonds is 6. The van der Waals surface area contributed by atoms with Gasteiger partial charge in [0.1, 0.15) is 0 Å². The van der Waals surface area contributed by atoms with Crippen LogP contribution >= 0.6 is 44.0 Å². The SMILES string of the molecule is SSCc1ccc(CSSc2ccccc2)cc1. The average Bonchev–Trinajstić information content (AvgIpc) is 2.42. The Labute approximate surface area is 126 Å². The van der Waals surface area contributed by atoms with E-state index in [-0.39, 0.29) is 0 Å².